The molecule has 1 aromatic rings. The molecule has 1 aromatic carbocycles. The van der Waals surface area contributed by atoms with Crippen LogP contribution in [-0.4, -0.2) is 6.16 Å². The summed E-state index contributed by atoms with van der Waals surface area (Å²) in [4.78, 5) is 0. The second-order valence-corrected chi connectivity index (χ2v) is 3.72. The summed E-state index contributed by atoms with van der Waals surface area (Å²) in [6.45, 7) is 2.23. The molecule has 1 atom stereocenters. The van der Waals surface area contributed by atoms with Crippen LogP contribution < -0.4 is 5.30 Å². The van der Waals surface area contributed by atoms with E-state index in [1.165, 1.54) is 17.9 Å². The Morgan fingerprint density at radius 1 is 1.20 bits per heavy atom. The summed E-state index contributed by atoms with van der Waals surface area (Å²) < 4.78 is 0. The van der Waals surface area contributed by atoms with Crippen LogP contribution in [0.3, 0.4) is 0 Å². The predicted octanol–water partition coefficient (Wildman–Crippen LogP) is 2.40. The third-order valence-electron chi connectivity index (χ3n) is 1.35. The van der Waals surface area contributed by atoms with Crippen LogP contribution >= 0.6 is 8.58 Å². The quantitative estimate of drug-likeness (QED) is 0.583. The molecule has 0 nitrogen and oxygen atoms in total. The van der Waals surface area contributed by atoms with E-state index < -0.39 is 0 Å². The van der Waals surface area contributed by atoms with E-state index in [0.717, 1.165) is 8.58 Å². The van der Waals surface area contributed by atoms with Gasteiger partial charge in [0.25, 0.3) is 0 Å². The van der Waals surface area contributed by atoms with Crippen molar-refractivity contribution >= 4 is 13.9 Å². The summed E-state index contributed by atoms with van der Waals surface area (Å²) >= 11 is 0. The van der Waals surface area contributed by atoms with Gasteiger partial charge in [-0.05, 0) is 11.5 Å². The number of hydrogen-bond donors (Lipinski definition) is 0. The van der Waals surface area contributed by atoms with Crippen molar-refractivity contribution in [1.29, 1.82) is 0 Å². The van der Waals surface area contributed by atoms with Gasteiger partial charge in [-0.15, -0.1) is 0 Å². The highest BCUT2D eigenvalue weighted by atomic mass is 31.1. The number of benzene rings is 1. The predicted molar refractivity (Wildman–Crippen MR) is 49.5 cm³/mol. The molecule has 0 amide bonds. The van der Waals surface area contributed by atoms with Crippen LogP contribution in [0.5, 0.6) is 0 Å². The molecular formula is C9H13P. The summed E-state index contributed by atoms with van der Waals surface area (Å²) in [5.41, 5.74) is 0. The molecule has 0 heterocycles. The summed E-state index contributed by atoms with van der Waals surface area (Å²) in [5, 5.41) is 1.49. The van der Waals surface area contributed by atoms with Crippen molar-refractivity contribution < 1.29 is 0 Å². The second kappa shape index (κ2) is 4.46. The van der Waals surface area contributed by atoms with Gasteiger partial charge in [-0.2, -0.15) is 0 Å². The first-order valence-electron chi connectivity index (χ1n) is 3.72. The standard InChI is InChI=1S/C9H13P/c1-2-8-10-9-6-4-3-5-7-9/h3-7,10H,2,8H2,1H3. The fourth-order valence-corrected chi connectivity index (χ4v) is 1.79. The minimum absolute atomic E-state index is 1.00. The Hall–Kier alpha value is -0.350. The molecule has 54 valence electrons. The lowest BCUT2D eigenvalue weighted by molar-refractivity contribution is 1.10. The van der Waals surface area contributed by atoms with Gasteiger partial charge in [-0.3, -0.25) is 0 Å². The monoisotopic (exact) mass is 152 g/mol. The smallest absolute Gasteiger partial charge is 0.0271 e. The summed E-state index contributed by atoms with van der Waals surface area (Å²) in [6.07, 6.45) is 2.64. The minimum atomic E-state index is 1.00. The Morgan fingerprint density at radius 3 is 2.50 bits per heavy atom. The lowest BCUT2D eigenvalue weighted by Crippen LogP contribution is -1.91. The molecule has 0 aliphatic carbocycles. The number of hydrogen-bond acceptors (Lipinski definition) is 0. The first-order chi connectivity index (χ1) is 4.93. The minimum Gasteiger partial charge on any atom is -0.0904 e. The van der Waals surface area contributed by atoms with Gasteiger partial charge in [0, 0.05) is 0 Å². The van der Waals surface area contributed by atoms with Crippen molar-refractivity contribution in [3.8, 4) is 0 Å². The zero-order chi connectivity index (χ0) is 7.23. The number of rotatable bonds is 3. The van der Waals surface area contributed by atoms with Crippen LogP contribution in [0.15, 0.2) is 30.3 Å². The lowest BCUT2D eigenvalue weighted by Gasteiger charge is -1.96. The molecule has 10 heavy (non-hydrogen) atoms. The van der Waals surface area contributed by atoms with Crippen molar-refractivity contribution in [2.75, 3.05) is 6.16 Å². The highest BCUT2D eigenvalue weighted by Gasteiger charge is 1.86. The van der Waals surface area contributed by atoms with E-state index in [1.54, 1.807) is 0 Å². The van der Waals surface area contributed by atoms with Crippen molar-refractivity contribution in [3.63, 3.8) is 0 Å². The van der Waals surface area contributed by atoms with Gasteiger partial charge < -0.3 is 0 Å². The average molecular weight is 152 g/mol. The Balaban J connectivity index is 2.43. The zero-order valence-electron chi connectivity index (χ0n) is 6.30. The molecule has 0 aliphatic heterocycles. The summed E-state index contributed by atoms with van der Waals surface area (Å²) in [5.74, 6) is 0. The van der Waals surface area contributed by atoms with Gasteiger partial charge in [-0.25, -0.2) is 0 Å². The van der Waals surface area contributed by atoms with Crippen LogP contribution in [0.2, 0.25) is 0 Å². The van der Waals surface area contributed by atoms with Gasteiger partial charge in [0.15, 0.2) is 0 Å². The van der Waals surface area contributed by atoms with Crippen LogP contribution in [0.4, 0.5) is 0 Å². The molecule has 0 N–H and O–H groups in total. The highest BCUT2D eigenvalue weighted by Crippen LogP contribution is 2.09. The van der Waals surface area contributed by atoms with E-state index in [0.29, 0.717) is 0 Å². The molecule has 0 bridgehead atoms. The molecule has 0 saturated carbocycles. The maximum atomic E-state index is 2.23. The molecular weight excluding hydrogens is 139 g/mol. The highest BCUT2D eigenvalue weighted by molar-refractivity contribution is 7.47. The molecule has 1 unspecified atom stereocenters. The fourth-order valence-electron chi connectivity index (χ4n) is 0.825. The van der Waals surface area contributed by atoms with E-state index in [4.69, 9.17) is 0 Å². The average Bonchev–Trinajstić information content (AvgIpc) is 2.03. The maximum absolute atomic E-state index is 2.23. The molecule has 0 radical (unpaired) electrons. The molecule has 0 fully saturated rings. The van der Waals surface area contributed by atoms with Crippen molar-refractivity contribution in [3.05, 3.63) is 30.3 Å². The van der Waals surface area contributed by atoms with E-state index in [1.807, 2.05) is 0 Å². The third kappa shape index (κ3) is 2.49. The molecule has 0 aliphatic rings. The van der Waals surface area contributed by atoms with Gasteiger partial charge in [0.1, 0.15) is 0 Å². The first kappa shape index (κ1) is 7.75. The van der Waals surface area contributed by atoms with Crippen molar-refractivity contribution in [1.82, 2.24) is 0 Å². The van der Waals surface area contributed by atoms with E-state index >= 15 is 0 Å². The zero-order valence-corrected chi connectivity index (χ0v) is 7.30. The third-order valence-corrected chi connectivity index (χ3v) is 2.84. The second-order valence-electron chi connectivity index (χ2n) is 2.29. The largest absolute Gasteiger partial charge is 0.0904 e. The Kier molecular flexibility index (Phi) is 3.46. The molecule has 0 saturated heterocycles. The van der Waals surface area contributed by atoms with E-state index in [9.17, 15) is 0 Å². The Morgan fingerprint density at radius 2 is 1.90 bits per heavy atom. The van der Waals surface area contributed by atoms with Crippen molar-refractivity contribution in [2.24, 2.45) is 0 Å². The summed E-state index contributed by atoms with van der Waals surface area (Å²) in [7, 11) is 1.00. The van der Waals surface area contributed by atoms with Crippen LogP contribution in [0, 0.1) is 0 Å². The fraction of sp³-hybridized carbons (Fsp3) is 0.333. The molecule has 0 aromatic heterocycles. The SMILES string of the molecule is CCCPc1ccccc1. The Bertz CT molecular complexity index is 169. The van der Waals surface area contributed by atoms with Crippen LogP contribution in [-0.2, 0) is 0 Å². The van der Waals surface area contributed by atoms with E-state index in [2.05, 4.69) is 37.3 Å². The Labute approximate surface area is 64.4 Å². The summed E-state index contributed by atoms with van der Waals surface area (Å²) in [6, 6.07) is 10.7. The van der Waals surface area contributed by atoms with Crippen molar-refractivity contribution in [2.45, 2.75) is 13.3 Å². The lowest BCUT2D eigenvalue weighted by atomic mass is 10.4. The van der Waals surface area contributed by atoms with E-state index in [-0.39, 0.29) is 0 Å². The maximum Gasteiger partial charge on any atom is -0.0271 e. The van der Waals surface area contributed by atoms with Crippen LogP contribution in [0.25, 0.3) is 0 Å². The van der Waals surface area contributed by atoms with Gasteiger partial charge in [-0.1, -0.05) is 52.3 Å². The first-order valence-corrected chi connectivity index (χ1v) is 4.93. The van der Waals surface area contributed by atoms with Gasteiger partial charge >= 0.3 is 0 Å². The van der Waals surface area contributed by atoms with Crippen LogP contribution in [0.1, 0.15) is 13.3 Å². The molecule has 1 rings (SSSR count). The molecule has 0 spiro atoms. The topological polar surface area (TPSA) is 0 Å². The van der Waals surface area contributed by atoms with Gasteiger partial charge in [0.05, 0.1) is 0 Å². The molecule has 1 heteroatoms. The van der Waals surface area contributed by atoms with Gasteiger partial charge in [0.2, 0.25) is 0 Å². The normalized spacial score (nSPS) is 10.9.